The van der Waals surface area contributed by atoms with Crippen molar-refractivity contribution in [2.24, 2.45) is 0 Å². The number of anilines is 2. The molecule has 0 amide bonds. The Morgan fingerprint density at radius 3 is 3.00 bits per heavy atom. The Kier molecular flexibility index (Phi) is 2.10. The fourth-order valence-electron chi connectivity index (χ4n) is 1.49. The highest BCUT2D eigenvalue weighted by molar-refractivity contribution is 14.1. The number of nitrogens with zero attached hydrogens (tertiary/aromatic N) is 2. The summed E-state index contributed by atoms with van der Waals surface area (Å²) in [6, 6.07) is 7.50. The van der Waals surface area contributed by atoms with Gasteiger partial charge in [-0.1, -0.05) is 12.1 Å². The monoisotopic (exact) mass is 327 g/mol. The van der Waals surface area contributed by atoms with Crippen LogP contribution in [-0.2, 0) is 0 Å². The Balaban J connectivity index is 2.16. The third-order valence-electron chi connectivity index (χ3n) is 2.21. The van der Waals surface area contributed by atoms with Crippen LogP contribution in [0.25, 0.3) is 0 Å². The molecule has 80 valence electrons. The van der Waals surface area contributed by atoms with E-state index in [0.29, 0.717) is 11.6 Å². The fraction of sp³-hybridized carbons (Fsp3) is 0. The quantitative estimate of drug-likeness (QED) is 0.644. The molecule has 0 bridgehead atoms. The van der Waals surface area contributed by atoms with Crippen molar-refractivity contribution in [2.75, 3.05) is 5.32 Å². The Morgan fingerprint density at radius 1 is 1.31 bits per heavy atom. The zero-order chi connectivity index (χ0) is 11.1. The van der Waals surface area contributed by atoms with Gasteiger partial charge in [-0.15, -0.1) is 0 Å². The van der Waals surface area contributed by atoms with Gasteiger partial charge in [0.05, 0.1) is 34.7 Å². The Morgan fingerprint density at radius 2 is 2.12 bits per heavy atom. The number of aromatic nitrogens is 2. The van der Waals surface area contributed by atoms with Gasteiger partial charge in [-0.3, -0.25) is 0 Å². The molecule has 1 aromatic heterocycles. The van der Waals surface area contributed by atoms with Gasteiger partial charge in [-0.25, -0.2) is 7.58 Å². The molecule has 0 aliphatic carbocycles. The molecule has 0 atom stereocenters. The summed E-state index contributed by atoms with van der Waals surface area (Å²) in [5.74, 6) is 1.73. The van der Waals surface area contributed by atoms with Gasteiger partial charge in [0.15, 0.2) is 17.3 Å². The minimum absolute atomic E-state index is 0.324. The Labute approximate surface area is 105 Å². The first-order valence-corrected chi connectivity index (χ1v) is 5.54. The summed E-state index contributed by atoms with van der Waals surface area (Å²) >= 11 is 1.86. The standard InChI is InChI=1S/C10H6IN3O2/c11-14-5-8-9(13-10(14)15)12-6-3-1-2-4-7(6)16-8/h1-5H,(H,12,13,15). The molecule has 3 rings (SSSR count). The van der Waals surface area contributed by atoms with Crippen LogP contribution in [0.2, 0.25) is 0 Å². The second kappa shape index (κ2) is 3.48. The van der Waals surface area contributed by atoms with Gasteiger partial charge in [-0.05, 0) is 12.1 Å². The SMILES string of the molecule is O=c1nc2c(cn1I)Oc1ccccc1N2. The fourth-order valence-corrected chi connectivity index (χ4v) is 1.85. The zero-order valence-electron chi connectivity index (χ0n) is 7.98. The molecule has 0 spiro atoms. The number of hydrogen-bond acceptors (Lipinski definition) is 4. The Bertz CT molecular complexity index is 624. The molecule has 1 N–H and O–H groups in total. The summed E-state index contributed by atoms with van der Waals surface area (Å²) < 4.78 is 6.98. The maximum Gasteiger partial charge on any atom is 0.358 e. The van der Waals surface area contributed by atoms with E-state index in [1.54, 1.807) is 6.20 Å². The molecule has 2 heterocycles. The maximum absolute atomic E-state index is 11.4. The lowest BCUT2D eigenvalue weighted by atomic mass is 10.2. The van der Waals surface area contributed by atoms with Gasteiger partial charge in [0.2, 0.25) is 0 Å². The van der Waals surface area contributed by atoms with Crippen LogP contribution in [-0.4, -0.2) is 7.76 Å². The first kappa shape index (κ1) is 9.64. The van der Waals surface area contributed by atoms with Crippen LogP contribution in [0, 0.1) is 0 Å². The highest BCUT2D eigenvalue weighted by Gasteiger charge is 2.18. The van der Waals surface area contributed by atoms with Gasteiger partial charge >= 0.3 is 5.69 Å². The lowest BCUT2D eigenvalue weighted by Crippen LogP contribution is -2.19. The predicted molar refractivity (Wildman–Crippen MR) is 67.7 cm³/mol. The maximum atomic E-state index is 11.4. The third-order valence-corrected chi connectivity index (χ3v) is 2.91. The van der Waals surface area contributed by atoms with Crippen molar-refractivity contribution in [3.63, 3.8) is 0 Å². The summed E-state index contributed by atoms with van der Waals surface area (Å²) in [6.07, 6.45) is 1.61. The van der Waals surface area contributed by atoms with Gasteiger partial charge in [-0.2, -0.15) is 4.98 Å². The van der Waals surface area contributed by atoms with E-state index in [4.69, 9.17) is 4.74 Å². The van der Waals surface area contributed by atoms with Crippen LogP contribution < -0.4 is 15.7 Å². The minimum Gasteiger partial charge on any atom is -0.450 e. The summed E-state index contributed by atoms with van der Waals surface area (Å²) in [4.78, 5) is 15.2. The number of para-hydroxylation sites is 2. The molecule has 2 aromatic rings. The number of fused-ring (bicyclic) bond motifs is 2. The van der Waals surface area contributed by atoms with E-state index in [-0.39, 0.29) is 5.69 Å². The average molecular weight is 327 g/mol. The van der Waals surface area contributed by atoms with Crippen molar-refractivity contribution in [3.05, 3.63) is 40.9 Å². The van der Waals surface area contributed by atoms with E-state index >= 15 is 0 Å². The van der Waals surface area contributed by atoms with E-state index in [1.165, 1.54) is 2.78 Å². The molecule has 5 nitrogen and oxygen atoms in total. The van der Waals surface area contributed by atoms with Crippen molar-refractivity contribution in [2.45, 2.75) is 0 Å². The number of ether oxygens (including phenoxy) is 1. The Hall–Kier alpha value is -1.57. The smallest absolute Gasteiger partial charge is 0.358 e. The van der Waals surface area contributed by atoms with Crippen LogP contribution in [0.1, 0.15) is 0 Å². The molecule has 1 aliphatic rings. The lowest BCUT2D eigenvalue weighted by Gasteiger charge is -2.20. The average Bonchev–Trinajstić information content (AvgIpc) is 2.28. The molecule has 6 heteroatoms. The topological polar surface area (TPSA) is 56.2 Å². The summed E-state index contributed by atoms with van der Waals surface area (Å²) in [7, 11) is 0. The predicted octanol–water partition coefficient (Wildman–Crippen LogP) is 2.29. The zero-order valence-corrected chi connectivity index (χ0v) is 10.1. The second-order valence-electron chi connectivity index (χ2n) is 3.27. The van der Waals surface area contributed by atoms with Crippen LogP contribution >= 0.6 is 22.9 Å². The molecule has 1 aliphatic heterocycles. The van der Waals surface area contributed by atoms with Crippen molar-refractivity contribution in [3.8, 4) is 11.5 Å². The third kappa shape index (κ3) is 1.45. The van der Waals surface area contributed by atoms with E-state index in [9.17, 15) is 4.79 Å². The first-order chi connectivity index (χ1) is 7.74. The highest BCUT2D eigenvalue weighted by atomic mass is 127. The molecule has 0 fully saturated rings. The van der Waals surface area contributed by atoms with Crippen molar-refractivity contribution >= 4 is 34.4 Å². The number of halogens is 1. The van der Waals surface area contributed by atoms with E-state index in [1.807, 2.05) is 47.1 Å². The number of nitrogens with one attached hydrogen (secondary N) is 1. The van der Waals surface area contributed by atoms with Gasteiger partial charge in [0.1, 0.15) is 0 Å². The van der Waals surface area contributed by atoms with E-state index < -0.39 is 0 Å². The number of rotatable bonds is 0. The molecule has 16 heavy (non-hydrogen) atoms. The van der Waals surface area contributed by atoms with Crippen LogP contribution in [0.5, 0.6) is 11.5 Å². The van der Waals surface area contributed by atoms with Crippen LogP contribution in [0.15, 0.2) is 35.3 Å². The molecular weight excluding hydrogens is 321 g/mol. The molecule has 1 aromatic carbocycles. The molecule has 0 unspecified atom stereocenters. The van der Waals surface area contributed by atoms with Crippen LogP contribution in [0.3, 0.4) is 0 Å². The van der Waals surface area contributed by atoms with Crippen molar-refractivity contribution in [1.29, 1.82) is 0 Å². The minimum atomic E-state index is -0.324. The first-order valence-electron chi connectivity index (χ1n) is 4.58. The van der Waals surface area contributed by atoms with Gasteiger partial charge < -0.3 is 10.1 Å². The summed E-state index contributed by atoms with van der Waals surface area (Å²) in [5, 5.41) is 3.06. The van der Waals surface area contributed by atoms with E-state index in [0.717, 1.165) is 11.4 Å². The largest absolute Gasteiger partial charge is 0.450 e. The summed E-state index contributed by atoms with van der Waals surface area (Å²) in [6.45, 7) is 0. The summed E-state index contributed by atoms with van der Waals surface area (Å²) in [5.41, 5.74) is 0.489. The highest BCUT2D eigenvalue weighted by Crippen LogP contribution is 2.39. The molecule has 0 saturated carbocycles. The van der Waals surface area contributed by atoms with Crippen LogP contribution in [0.4, 0.5) is 11.5 Å². The lowest BCUT2D eigenvalue weighted by molar-refractivity contribution is 0.474. The number of hydrogen-bond donors (Lipinski definition) is 1. The second-order valence-corrected chi connectivity index (χ2v) is 4.31. The molecular formula is C10H6IN3O2. The molecule has 0 saturated heterocycles. The van der Waals surface area contributed by atoms with Gasteiger partial charge in [0, 0.05) is 0 Å². The van der Waals surface area contributed by atoms with Gasteiger partial charge in [0.25, 0.3) is 0 Å². The van der Waals surface area contributed by atoms with Crippen molar-refractivity contribution < 1.29 is 4.74 Å². The number of benzene rings is 1. The van der Waals surface area contributed by atoms with E-state index in [2.05, 4.69) is 10.3 Å². The van der Waals surface area contributed by atoms with Crippen molar-refractivity contribution in [1.82, 2.24) is 7.76 Å². The molecule has 0 radical (unpaired) electrons. The normalized spacial score (nSPS) is 12.1.